The molecule has 4 nitrogen and oxygen atoms in total. The molecule has 1 saturated heterocycles. The minimum Gasteiger partial charge on any atom is -0.386 e. The quantitative estimate of drug-likeness (QED) is 0.795. The first-order valence-electron chi connectivity index (χ1n) is 10.1. The molecule has 2 aromatic rings. The molecule has 1 N–H and O–H groups in total. The molecule has 6 heteroatoms. The van der Waals surface area contributed by atoms with Crippen molar-refractivity contribution in [3.8, 4) is 0 Å². The Morgan fingerprint density at radius 2 is 1.79 bits per heavy atom. The number of hydrogen-bond donors (Lipinski definition) is 1. The van der Waals surface area contributed by atoms with Crippen molar-refractivity contribution in [3.05, 3.63) is 57.2 Å². The summed E-state index contributed by atoms with van der Waals surface area (Å²) in [5.74, 6) is 0.269. The number of benzene rings is 1. The van der Waals surface area contributed by atoms with E-state index in [4.69, 9.17) is 11.6 Å². The Bertz CT molecular complexity index is 779. The van der Waals surface area contributed by atoms with Crippen LogP contribution in [0.3, 0.4) is 0 Å². The number of rotatable bonds is 5. The largest absolute Gasteiger partial charge is 0.386 e. The van der Waals surface area contributed by atoms with Gasteiger partial charge in [-0.05, 0) is 42.0 Å². The highest BCUT2D eigenvalue weighted by molar-refractivity contribution is 7.10. The number of thiophene rings is 1. The molecule has 0 bridgehead atoms. The number of carbonyl (C=O) groups excluding carboxylic acids is 1. The molecule has 1 saturated carbocycles. The van der Waals surface area contributed by atoms with Crippen molar-refractivity contribution in [2.24, 2.45) is 0 Å². The smallest absolute Gasteiger partial charge is 0.233 e. The van der Waals surface area contributed by atoms with Crippen molar-refractivity contribution >= 4 is 28.8 Å². The minimum absolute atomic E-state index is 0.269. The summed E-state index contributed by atoms with van der Waals surface area (Å²) in [4.78, 5) is 18.9. The number of hydrogen-bond acceptors (Lipinski definition) is 4. The molecule has 2 heterocycles. The first-order valence-corrected chi connectivity index (χ1v) is 11.3. The lowest BCUT2D eigenvalue weighted by Crippen LogP contribution is -2.54. The molecule has 1 aromatic heterocycles. The second-order valence-corrected chi connectivity index (χ2v) is 9.34. The van der Waals surface area contributed by atoms with E-state index in [1.54, 1.807) is 11.3 Å². The second-order valence-electron chi connectivity index (χ2n) is 7.92. The van der Waals surface area contributed by atoms with Crippen LogP contribution < -0.4 is 0 Å². The lowest BCUT2D eigenvalue weighted by Gasteiger charge is -2.40. The highest BCUT2D eigenvalue weighted by atomic mass is 35.5. The van der Waals surface area contributed by atoms with E-state index in [1.807, 2.05) is 46.7 Å². The molecular formula is C22H27ClN2O2S. The number of aliphatic hydroxyl groups is 1. The minimum atomic E-state index is -0.447. The van der Waals surface area contributed by atoms with Crippen molar-refractivity contribution < 1.29 is 9.90 Å². The van der Waals surface area contributed by atoms with Gasteiger partial charge in [-0.1, -0.05) is 42.6 Å². The number of nitrogens with zero attached hydrogens (tertiary/aromatic N) is 2. The Hall–Kier alpha value is -1.40. The van der Waals surface area contributed by atoms with E-state index in [-0.39, 0.29) is 11.3 Å². The maximum atomic E-state index is 13.6. The Balaban J connectivity index is 1.40. The molecule has 1 aromatic carbocycles. The van der Waals surface area contributed by atoms with Crippen molar-refractivity contribution in [1.29, 1.82) is 0 Å². The van der Waals surface area contributed by atoms with Gasteiger partial charge in [-0.3, -0.25) is 9.69 Å². The van der Waals surface area contributed by atoms with Crippen LogP contribution in [0.25, 0.3) is 0 Å². The zero-order valence-electron chi connectivity index (χ0n) is 16.0. The van der Waals surface area contributed by atoms with Crippen LogP contribution >= 0.6 is 22.9 Å². The molecule has 0 spiro atoms. The monoisotopic (exact) mass is 418 g/mol. The van der Waals surface area contributed by atoms with Gasteiger partial charge in [0, 0.05) is 42.6 Å². The Morgan fingerprint density at radius 1 is 1.11 bits per heavy atom. The Kier molecular flexibility index (Phi) is 6.07. The summed E-state index contributed by atoms with van der Waals surface area (Å²) in [6.07, 6.45) is 3.59. The summed E-state index contributed by atoms with van der Waals surface area (Å²) in [6.45, 7) is 3.71. The van der Waals surface area contributed by atoms with Crippen LogP contribution in [0, 0.1) is 0 Å². The molecule has 1 amide bonds. The van der Waals surface area contributed by atoms with Gasteiger partial charge >= 0.3 is 0 Å². The molecule has 1 aliphatic carbocycles. The fourth-order valence-corrected chi connectivity index (χ4v) is 5.45. The van der Waals surface area contributed by atoms with Gasteiger partial charge in [-0.15, -0.1) is 11.3 Å². The van der Waals surface area contributed by atoms with Crippen molar-refractivity contribution in [1.82, 2.24) is 9.80 Å². The van der Waals surface area contributed by atoms with Crippen LogP contribution in [-0.4, -0.2) is 53.5 Å². The fourth-order valence-electron chi connectivity index (χ4n) is 4.63. The SMILES string of the molecule is O=C(N1CCN(C[C@H](O)c2cccs2)CC1)C1(c2ccc(Cl)cc2)CCCC1. The van der Waals surface area contributed by atoms with Crippen LogP contribution in [0.5, 0.6) is 0 Å². The van der Waals surface area contributed by atoms with Crippen LogP contribution in [0.2, 0.25) is 5.02 Å². The van der Waals surface area contributed by atoms with Crippen LogP contribution in [0.15, 0.2) is 41.8 Å². The van der Waals surface area contributed by atoms with Gasteiger partial charge in [-0.25, -0.2) is 0 Å². The maximum absolute atomic E-state index is 13.6. The third-order valence-electron chi connectivity index (χ3n) is 6.23. The number of aliphatic hydroxyl groups excluding tert-OH is 1. The zero-order chi connectivity index (χ0) is 19.6. The molecule has 4 rings (SSSR count). The van der Waals surface area contributed by atoms with E-state index in [0.29, 0.717) is 11.6 Å². The predicted octanol–water partition coefficient (Wildman–Crippen LogP) is 4.09. The molecule has 1 aliphatic heterocycles. The molecule has 0 unspecified atom stereocenters. The third-order valence-corrected chi connectivity index (χ3v) is 7.45. The number of β-amino-alcohol motifs (C(OH)–C–C–N with tert-alkyl or cyclic N) is 1. The summed E-state index contributed by atoms with van der Waals surface area (Å²) in [7, 11) is 0. The molecule has 0 radical (unpaired) electrons. The standard InChI is InChI=1S/C22H27ClN2O2S/c23-18-7-5-17(6-8-18)22(9-1-2-10-22)21(27)25-13-11-24(12-14-25)16-19(26)20-4-3-15-28-20/h3-8,15,19,26H,1-2,9-14,16H2/t19-/m0/s1. The van der Waals surface area contributed by atoms with Gasteiger partial charge in [0.1, 0.15) is 6.10 Å². The summed E-state index contributed by atoms with van der Waals surface area (Å²) in [5.41, 5.74) is 0.721. The lowest BCUT2D eigenvalue weighted by atomic mass is 9.77. The number of carbonyl (C=O) groups is 1. The van der Waals surface area contributed by atoms with E-state index in [2.05, 4.69) is 4.90 Å². The third kappa shape index (κ3) is 3.99. The first kappa shape index (κ1) is 19.9. The number of halogens is 1. The highest BCUT2D eigenvalue weighted by Gasteiger charge is 2.45. The van der Waals surface area contributed by atoms with Gasteiger partial charge in [0.25, 0.3) is 0 Å². The topological polar surface area (TPSA) is 43.8 Å². The van der Waals surface area contributed by atoms with E-state index in [1.165, 1.54) is 0 Å². The summed E-state index contributed by atoms with van der Waals surface area (Å²) in [5, 5.41) is 13.1. The van der Waals surface area contributed by atoms with E-state index in [0.717, 1.165) is 62.3 Å². The van der Waals surface area contributed by atoms with E-state index in [9.17, 15) is 9.90 Å². The average Bonchev–Trinajstić information content (AvgIpc) is 3.41. The zero-order valence-corrected chi connectivity index (χ0v) is 17.6. The second kappa shape index (κ2) is 8.54. The lowest BCUT2D eigenvalue weighted by molar-refractivity contribution is -0.139. The molecule has 150 valence electrons. The Morgan fingerprint density at radius 3 is 2.39 bits per heavy atom. The summed E-state index contributed by atoms with van der Waals surface area (Å²) >= 11 is 7.66. The summed E-state index contributed by atoms with van der Waals surface area (Å²) < 4.78 is 0. The van der Waals surface area contributed by atoms with Gasteiger partial charge in [0.2, 0.25) is 5.91 Å². The fraction of sp³-hybridized carbons (Fsp3) is 0.500. The van der Waals surface area contributed by atoms with Gasteiger partial charge in [-0.2, -0.15) is 0 Å². The number of piperazine rings is 1. The maximum Gasteiger partial charge on any atom is 0.233 e. The van der Waals surface area contributed by atoms with Crippen LogP contribution in [0.4, 0.5) is 0 Å². The predicted molar refractivity (Wildman–Crippen MR) is 114 cm³/mol. The van der Waals surface area contributed by atoms with E-state index >= 15 is 0 Å². The van der Waals surface area contributed by atoms with Gasteiger partial charge in [0.15, 0.2) is 0 Å². The highest BCUT2D eigenvalue weighted by Crippen LogP contribution is 2.43. The van der Waals surface area contributed by atoms with Crippen LogP contribution in [0.1, 0.15) is 42.2 Å². The Labute approximate surface area is 175 Å². The average molecular weight is 419 g/mol. The van der Waals surface area contributed by atoms with Crippen molar-refractivity contribution in [2.45, 2.75) is 37.2 Å². The van der Waals surface area contributed by atoms with Gasteiger partial charge in [0.05, 0.1) is 5.41 Å². The molecule has 28 heavy (non-hydrogen) atoms. The summed E-state index contributed by atoms with van der Waals surface area (Å²) in [6, 6.07) is 11.8. The number of amides is 1. The normalized spacial score (nSPS) is 21.0. The van der Waals surface area contributed by atoms with Gasteiger partial charge < -0.3 is 10.0 Å². The molecular weight excluding hydrogens is 392 g/mol. The molecule has 1 atom stereocenters. The molecule has 2 fully saturated rings. The van der Waals surface area contributed by atoms with Crippen LogP contribution in [-0.2, 0) is 10.2 Å². The first-order chi connectivity index (χ1) is 13.6. The molecule has 2 aliphatic rings. The van der Waals surface area contributed by atoms with Crippen molar-refractivity contribution in [3.63, 3.8) is 0 Å². The van der Waals surface area contributed by atoms with Crippen molar-refractivity contribution in [2.75, 3.05) is 32.7 Å². The van der Waals surface area contributed by atoms with E-state index < -0.39 is 6.10 Å².